The first-order valence-electron chi connectivity index (χ1n) is 12.0. The Balaban J connectivity index is 1.83. The lowest BCUT2D eigenvalue weighted by atomic mass is 10.0. The van der Waals surface area contributed by atoms with Crippen LogP contribution in [0.2, 0.25) is 0 Å². The van der Waals surface area contributed by atoms with Gasteiger partial charge >= 0.3 is 0 Å². The summed E-state index contributed by atoms with van der Waals surface area (Å²) in [4.78, 5) is 0. The Bertz CT molecular complexity index is 447. The smallest absolute Gasteiger partial charge is 0.125 e. The highest BCUT2D eigenvalue weighted by Gasteiger charge is 2.19. The van der Waals surface area contributed by atoms with Crippen molar-refractivity contribution >= 4 is 25.6 Å². The molecule has 1 aromatic rings. The molecule has 0 bridgehead atoms. The molecule has 0 spiro atoms. The second kappa shape index (κ2) is 17.7. The molecule has 0 radical (unpaired) electrons. The van der Waals surface area contributed by atoms with Crippen molar-refractivity contribution in [1.82, 2.24) is 0 Å². The number of hydrogen-bond acceptors (Lipinski definition) is 2. The van der Waals surface area contributed by atoms with Gasteiger partial charge in [-0.25, -0.2) is 3.29 Å². The summed E-state index contributed by atoms with van der Waals surface area (Å²) >= 11 is 9.45. The average Bonchev–Trinajstić information content (AvgIpc) is 2.68. The van der Waals surface area contributed by atoms with Gasteiger partial charge in [-0.15, -0.1) is 0 Å². The summed E-state index contributed by atoms with van der Waals surface area (Å²) in [7, 11) is 0. The van der Waals surface area contributed by atoms with Gasteiger partial charge in [0.1, 0.15) is 13.1 Å². The van der Waals surface area contributed by atoms with Gasteiger partial charge in [0.15, 0.2) is 0 Å². The van der Waals surface area contributed by atoms with Crippen LogP contribution in [0, 0.1) is 0 Å². The third kappa shape index (κ3) is 15.8. The molecule has 0 N–H and O–H groups in total. The van der Waals surface area contributed by atoms with Gasteiger partial charge in [-0.05, 0) is 12.8 Å². The van der Waals surface area contributed by atoms with E-state index in [1.807, 2.05) is 0 Å². The molecule has 1 aromatic carbocycles. The standard InChI is InChI=1S/C25H46NS2/c1-2-3-4-5-6-7-8-9-10-11-12-13-14-15-16-20-23-26(27,28)24-25-21-18-17-19-22-25/h17-19,21-22,27-28H,2-16,20,23-24H2,1H3/q+1. The largest absolute Gasteiger partial charge is 0.202 e. The Labute approximate surface area is 187 Å². The number of nitrogens with zero attached hydrogens (tertiary/aromatic N) is 1. The third-order valence-corrected chi connectivity index (χ3v) is 6.33. The molecule has 0 amide bonds. The zero-order valence-corrected chi connectivity index (χ0v) is 20.2. The number of rotatable bonds is 19. The van der Waals surface area contributed by atoms with E-state index in [2.05, 4.69) is 37.3 Å². The van der Waals surface area contributed by atoms with Crippen LogP contribution in [-0.2, 0) is 6.54 Å². The molecule has 0 aliphatic rings. The van der Waals surface area contributed by atoms with Crippen molar-refractivity contribution in [1.29, 1.82) is 0 Å². The van der Waals surface area contributed by atoms with Crippen LogP contribution in [0.5, 0.6) is 0 Å². The predicted octanol–water partition coefficient (Wildman–Crippen LogP) is 8.95. The Morgan fingerprint density at radius 1 is 0.571 bits per heavy atom. The number of quaternary nitrogens is 1. The van der Waals surface area contributed by atoms with Gasteiger partial charge in [0.05, 0.1) is 25.6 Å². The SMILES string of the molecule is CCCCCCCCCCCCCCCCCC[N+](S)(S)Cc1ccccc1. The van der Waals surface area contributed by atoms with Gasteiger partial charge in [0, 0.05) is 5.56 Å². The summed E-state index contributed by atoms with van der Waals surface area (Å²) < 4.78 is 0.503. The van der Waals surface area contributed by atoms with Crippen LogP contribution in [0.15, 0.2) is 30.3 Å². The van der Waals surface area contributed by atoms with E-state index in [9.17, 15) is 0 Å². The van der Waals surface area contributed by atoms with Crippen LogP contribution in [0.25, 0.3) is 0 Å². The minimum Gasteiger partial charge on any atom is -0.202 e. The normalized spacial score (nSPS) is 11.8. The first kappa shape index (κ1) is 25.9. The zero-order valence-electron chi connectivity index (χ0n) is 18.5. The zero-order chi connectivity index (χ0) is 20.3. The molecule has 0 unspecified atom stereocenters. The van der Waals surface area contributed by atoms with Gasteiger partial charge in [-0.1, -0.05) is 127 Å². The van der Waals surface area contributed by atoms with E-state index in [1.165, 1.54) is 108 Å². The maximum Gasteiger partial charge on any atom is 0.125 e. The summed E-state index contributed by atoms with van der Waals surface area (Å²) in [6.45, 7) is 4.20. The van der Waals surface area contributed by atoms with E-state index in [0.29, 0.717) is 3.29 Å². The molecule has 0 heterocycles. The number of unbranched alkanes of at least 4 members (excludes halogenated alkanes) is 15. The number of hydrogen-bond donors (Lipinski definition) is 2. The predicted molar refractivity (Wildman–Crippen MR) is 133 cm³/mol. The fraction of sp³-hybridized carbons (Fsp3) is 0.760. The van der Waals surface area contributed by atoms with Crippen molar-refractivity contribution < 1.29 is 3.29 Å². The lowest BCUT2D eigenvalue weighted by Gasteiger charge is -2.24. The molecular formula is C25H46NS2+. The molecule has 0 atom stereocenters. The molecule has 0 fully saturated rings. The number of thiol groups is 2. The van der Waals surface area contributed by atoms with Gasteiger partial charge in [0.25, 0.3) is 0 Å². The van der Waals surface area contributed by atoms with Crippen molar-refractivity contribution in [2.45, 2.75) is 116 Å². The quantitative estimate of drug-likeness (QED) is 0.123. The molecule has 0 aromatic heterocycles. The Morgan fingerprint density at radius 2 is 0.964 bits per heavy atom. The minimum atomic E-state index is 0.503. The van der Waals surface area contributed by atoms with Crippen molar-refractivity contribution in [2.75, 3.05) is 6.54 Å². The summed E-state index contributed by atoms with van der Waals surface area (Å²) in [6.07, 6.45) is 22.6. The summed E-state index contributed by atoms with van der Waals surface area (Å²) in [5.74, 6) is 0. The molecular weight excluding hydrogens is 378 g/mol. The molecule has 162 valence electrons. The molecule has 0 aliphatic heterocycles. The fourth-order valence-electron chi connectivity index (χ4n) is 3.87. The lowest BCUT2D eigenvalue weighted by Crippen LogP contribution is -2.27. The molecule has 3 heteroatoms. The van der Waals surface area contributed by atoms with E-state index >= 15 is 0 Å². The molecule has 1 rings (SSSR count). The summed E-state index contributed by atoms with van der Waals surface area (Å²) in [5.41, 5.74) is 1.31. The fourth-order valence-corrected chi connectivity index (χ4v) is 4.48. The molecule has 0 saturated heterocycles. The first-order valence-corrected chi connectivity index (χ1v) is 12.8. The second-order valence-corrected chi connectivity index (χ2v) is 10.4. The maximum atomic E-state index is 4.73. The second-order valence-electron chi connectivity index (χ2n) is 8.55. The van der Waals surface area contributed by atoms with E-state index in [-0.39, 0.29) is 0 Å². The van der Waals surface area contributed by atoms with Crippen molar-refractivity contribution in [2.24, 2.45) is 0 Å². The van der Waals surface area contributed by atoms with Gasteiger partial charge < -0.3 is 0 Å². The monoisotopic (exact) mass is 424 g/mol. The molecule has 0 saturated carbocycles. The highest BCUT2D eigenvalue weighted by molar-refractivity contribution is 7.87. The molecule has 0 aliphatic carbocycles. The van der Waals surface area contributed by atoms with Crippen LogP contribution < -0.4 is 0 Å². The van der Waals surface area contributed by atoms with Gasteiger partial charge in [0.2, 0.25) is 0 Å². The molecule has 1 nitrogen and oxygen atoms in total. The number of benzene rings is 1. The first-order chi connectivity index (χ1) is 13.6. The highest BCUT2D eigenvalue weighted by atomic mass is 32.2. The van der Waals surface area contributed by atoms with Gasteiger partial charge in [-0.3, -0.25) is 0 Å². The highest BCUT2D eigenvalue weighted by Crippen LogP contribution is 2.23. The van der Waals surface area contributed by atoms with E-state index in [1.54, 1.807) is 0 Å². The minimum absolute atomic E-state index is 0.503. The van der Waals surface area contributed by atoms with Crippen molar-refractivity contribution in [3.8, 4) is 0 Å². The Kier molecular flexibility index (Phi) is 16.4. The maximum absolute atomic E-state index is 4.73. The average molecular weight is 425 g/mol. The Hall–Kier alpha value is -0.120. The molecule has 28 heavy (non-hydrogen) atoms. The summed E-state index contributed by atoms with van der Waals surface area (Å²) in [6, 6.07) is 10.6. The van der Waals surface area contributed by atoms with E-state index in [4.69, 9.17) is 25.6 Å². The van der Waals surface area contributed by atoms with Crippen LogP contribution in [0.1, 0.15) is 115 Å². The van der Waals surface area contributed by atoms with Crippen LogP contribution >= 0.6 is 25.6 Å². The van der Waals surface area contributed by atoms with Crippen LogP contribution in [0.4, 0.5) is 0 Å². The van der Waals surface area contributed by atoms with Crippen LogP contribution in [0.3, 0.4) is 0 Å². The lowest BCUT2D eigenvalue weighted by molar-refractivity contribution is -0.656. The Morgan fingerprint density at radius 3 is 1.39 bits per heavy atom. The van der Waals surface area contributed by atoms with Gasteiger partial charge in [-0.2, -0.15) is 0 Å². The van der Waals surface area contributed by atoms with Crippen LogP contribution in [-0.4, -0.2) is 9.84 Å². The third-order valence-electron chi connectivity index (χ3n) is 5.65. The van der Waals surface area contributed by atoms with E-state index in [0.717, 1.165) is 13.1 Å². The topological polar surface area (TPSA) is 0 Å². The van der Waals surface area contributed by atoms with Crippen molar-refractivity contribution in [3.05, 3.63) is 35.9 Å². The van der Waals surface area contributed by atoms with Crippen molar-refractivity contribution in [3.63, 3.8) is 0 Å². The van der Waals surface area contributed by atoms with E-state index < -0.39 is 0 Å². The summed E-state index contributed by atoms with van der Waals surface area (Å²) in [5, 5.41) is 0.